The SMILES string of the molecule is N#Cc1cc(Br)cc(F)c1I. The molecule has 0 N–H and O–H groups in total. The fraction of sp³-hybridized carbons (Fsp3) is 0. The highest BCUT2D eigenvalue weighted by molar-refractivity contribution is 14.1. The van der Waals surface area contributed by atoms with Crippen LogP contribution >= 0.6 is 38.5 Å². The molecule has 1 nitrogen and oxygen atoms in total. The molecule has 0 aliphatic heterocycles. The van der Waals surface area contributed by atoms with Crippen LogP contribution in [0.15, 0.2) is 16.6 Å². The summed E-state index contributed by atoms with van der Waals surface area (Å²) in [6.45, 7) is 0. The topological polar surface area (TPSA) is 23.8 Å². The molecule has 1 rings (SSSR count). The van der Waals surface area contributed by atoms with Gasteiger partial charge in [0.25, 0.3) is 0 Å². The fourth-order valence-electron chi connectivity index (χ4n) is 0.637. The normalized spacial score (nSPS) is 9.27. The maximum atomic E-state index is 12.8. The van der Waals surface area contributed by atoms with Crippen molar-refractivity contribution in [2.24, 2.45) is 0 Å². The van der Waals surface area contributed by atoms with Gasteiger partial charge in [-0.25, -0.2) is 4.39 Å². The first kappa shape index (κ1) is 8.94. The van der Waals surface area contributed by atoms with Crippen molar-refractivity contribution in [3.05, 3.63) is 31.6 Å². The van der Waals surface area contributed by atoms with Gasteiger partial charge < -0.3 is 0 Å². The van der Waals surface area contributed by atoms with Crippen LogP contribution in [-0.2, 0) is 0 Å². The van der Waals surface area contributed by atoms with Crippen LogP contribution in [0.25, 0.3) is 0 Å². The third-order valence-corrected chi connectivity index (χ3v) is 2.67. The summed E-state index contributed by atoms with van der Waals surface area (Å²) >= 11 is 4.90. The zero-order valence-electron chi connectivity index (χ0n) is 5.24. The number of nitriles is 1. The molecule has 0 fully saturated rings. The van der Waals surface area contributed by atoms with Crippen LogP contribution in [-0.4, -0.2) is 0 Å². The second-order valence-corrected chi connectivity index (χ2v) is 3.86. The molecule has 0 heterocycles. The first-order chi connectivity index (χ1) is 5.15. The molecule has 0 amide bonds. The van der Waals surface area contributed by atoms with Gasteiger partial charge in [-0.1, -0.05) is 15.9 Å². The molecule has 0 spiro atoms. The van der Waals surface area contributed by atoms with E-state index in [0.717, 1.165) is 0 Å². The highest BCUT2D eigenvalue weighted by Gasteiger charge is 2.05. The van der Waals surface area contributed by atoms with Crippen molar-refractivity contribution in [2.75, 3.05) is 0 Å². The van der Waals surface area contributed by atoms with Crippen LogP contribution in [0.3, 0.4) is 0 Å². The van der Waals surface area contributed by atoms with E-state index in [1.54, 1.807) is 28.7 Å². The Kier molecular flexibility index (Phi) is 2.84. The molecule has 0 radical (unpaired) electrons. The van der Waals surface area contributed by atoms with E-state index in [1.807, 2.05) is 6.07 Å². The maximum absolute atomic E-state index is 12.8. The Morgan fingerprint density at radius 3 is 2.73 bits per heavy atom. The smallest absolute Gasteiger partial charge is 0.138 e. The van der Waals surface area contributed by atoms with Crippen LogP contribution in [0.2, 0.25) is 0 Å². The minimum atomic E-state index is -0.364. The van der Waals surface area contributed by atoms with E-state index in [2.05, 4.69) is 15.9 Å². The number of benzene rings is 1. The molecular formula is C7H2BrFIN. The van der Waals surface area contributed by atoms with E-state index in [4.69, 9.17) is 5.26 Å². The Bertz CT molecular complexity index is 332. The molecule has 1 aromatic carbocycles. The van der Waals surface area contributed by atoms with Crippen LogP contribution in [0, 0.1) is 20.7 Å². The van der Waals surface area contributed by atoms with Gasteiger partial charge in [-0.15, -0.1) is 0 Å². The average Bonchev–Trinajstić information content (AvgIpc) is 1.96. The lowest BCUT2D eigenvalue weighted by atomic mass is 10.2. The summed E-state index contributed by atoms with van der Waals surface area (Å²) in [5, 5.41) is 8.53. The van der Waals surface area contributed by atoms with Gasteiger partial charge in [0, 0.05) is 4.47 Å². The molecule has 0 aliphatic carbocycles. The summed E-state index contributed by atoms with van der Waals surface area (Å²) in [6.07, 6.45) is 0. The minimum absolute atomic E-state index is 0.359. The van der Waals surface area contributed by atoms with E-state index in [0.29, 0.717) is 13.6 Å². The van der Waals surface area contributed by atoms with E-state index in [-0.39, 0.29) is 5.82 Å². The first-order valence-corrected chi connectivity index (χ1v) is 4.57. The van der Waals surface area contributed by atoms with Crippen molar-refractivity contribution < 1.29 is 4.39 Å². The van der Waals surface area contributed by atoms with Crippen LogP contribution in [0.1, 0.15) is 5.56 Å². The molecule has 0 atom stereocenters. The highest BCUT2D eigenvalue weighted by Crippen LogP contribution is 2.21. The molecule has 0 saturated heterocycles. The van der Waals surface area contributed by atoms with Crippen LogP contribution in [0.5, 0.6) is 0 Å². The Morgan fingerprint density at radius 2 is 2.18 bits per heavy atom. The van der Waals surface area contributed by atoms with Crippen molar-refractivity contribution in [1.29, 1.82) is 5.26 Å². The number of hydrogen-bond donors (Lipinski definition) is 0. The van der Waals surface area contributed by atoms with Crippen LogP contribution in [0.4, 0.5) is 4.39 Å². The van der Waals surface area contributed by atoms with Crippen molar-refractivity contribution in [3.63, 3.8) is 0 Å². The number of rotatable bonds is 0. The molecule has 0 aromatic heterocycles. The van der Waals surface area contributed by atoms with Gasteiger partial charge in [0.1, 0.15) is 11.9 Å². The van der Waals surface area contributed by atoms with Gasteiger partial charge >= 0.3 is 0 Å². The molecule has 1 aromatic rings. The third-order valence-electron chi connectivity index (χ3n) is 1.11. The first-order valence-electron chi connectivity index (χ1n) is 2.70. The van der Waals surface area contributed by atoms with Gasteiger partial charge in [0.2, 0.25) is 0 Å². The van der Waals surface area contributed by atoms with Gasteiger partial charge in [0.15, 0.2) is 0 Å². The predicted molar refractivity (Wildman–Crippen MR) is 51.5 cm³/mol. The summed E-state index contributed by atoms with van der Waals surface area (Å²) in [6, 6.07) is 4.82. The number of halogens is 3. The molecule has 4 heteroatoms. The van der Waals surface area contributed by atoms with Gasteiger partial charge in [0.05, 0.1) is 9.13 Å². The molecular weight excluding hydrogens is 324 g/mol. The van der Waals surface area contributed by atoms with E-state index >= 15 is 0 Å². The Labute approximate surface area is 85.5 Å². The van der Waals surface area contributed by atoms with Gasteiger partial charge in [-0.05, 0) is 34.7 Å². The Morgan fingerprint density at radius 1 is 1.55 bits per heavy atom. The summed E-state index contributed by atoms with van der Waals surface area (Å²) in [5.74, 6) is -0.364. The monoisotopic (exact) mass is 325 g/mol. The fourth-order valence-corrected chi connectivity index (χ4v) is 1.50. The van der Waals surface area contributed by atoms with Crippen LogP contribution < -0.4 is 0 Å². The van der Waals surface area contributed by atoms with E-state index in [9.17, 15) is 4.39 Å². The maximum Gasteiger partial charge on any atom is 0.138 e. The molecule has 0 saturated carbocycles. The summed E-state index contributed by atoms with van der Waals surface area (Å²) in [7, 11) is 0. The molecule has 0 unspecified atom stereocenters. The average molecular weight is 326 g/mol. The Hall–Kier alpha value is -0.150. The number of nitrogens with zero attached hydrogens (tertiary/aromatic N) is 1. The zero-order chi connectivity index (χ0) is 8.43. The lowest BCUT2D eigenvalue weighted by molar-refractivity contribution is 0.619. The Balaban J connectivity index is 3.39. The largest absolute Gasteiger partial charge is 0.206 e. The lowest BCUT2D eigenvalue weighted by Crippen LogP contribution is -1.87. The highest BCUT2D eigenvalue weighted by atomic mass is 127. The summed E-state index contributed by atoms with van der Waals surface area (Å²) in [5.41, 5.74) is 0.359. The van der Waals surface area contributed by atoms with Gasteiger partial charge in [-0.2, -0.15) is 5.26 Å². The van der Waals surface area contributed by atoms with Crippen molar-refractivity contribution in [1.82, 2.24) is 0 Å². The van der Waals surface area contributed by atoms with Crippen molar-refractivity contribution in [3.8, 4) is 6.07 Å². The summed E-state index contributed by atoms with van der Waals surface area (Å²) in [4.78, 5) is 0. The quantitative estimate of drug-likeness (QED) is 0.531. The van der Waals surface area contributed by atoms with E-state index < -0.39 is 0 Å². The zero-order valence-corrected chi connectivity index (χ0v) is 8.98. The minimum Gasteiger partial charge on any atom is -0.206 e. The molecule has 11 heavy (non-hydrogen) atoms. The molecule has 56 valence electrons. The van der Waals surface area contributed by atoms with Crippen molar-refractivity contribution >= 4 is 38.5 Å². The van der Waals surface area contributed by atoms with E-state index in [1.165, 1.54) is 6.07 Å². The third kappa shape index (κ3) is 1.91. The standard InChI is InChI=1S/C7H2BrFIN/c8-5-1-4(3-11)7(10)6(9)2-5/h1-2H. The predicted octanol–water partition coefficient (Wildman–Crippen LogP) is 3.06. The molecule has 0 bridgehead atoms. The number of hydrogen-bond acceptors (Lipinski definition) is 1. The summed E-state index contributed by atoms with van der Waals surface area (Å²) < 4.78 is 13.8. The second kappa shape index (κ2) is 3.50. The van der Waals surface area contributed by atoms with Crippen molar-refractivity contribution in [2.45, 2.75) is 0 Å². The lowest BCUT2D eigenvalue weighted by Gasteiger charge is -1.97. The molecule has 0 aliphatic rings. The second-order valence-electron chi connectivity index (χ2n) is 1.86. The van der Waals surface area contributed by atoms with Gasteiger partial charge in [-0.3, -0.25) is 0 Å².